The van der Waals surface area contributed by atoms with Crippen LogP contribution in [0.3, 0.4) is 0 Å². The van der Waals surface area contributed by atoms with Gasteiger partial charge in [0.05, 0.1) is 30.7 Å². The van der Waals surface area contributed by atoms with E-state index in [1.807, 2.05) is 9.80 Å². The minimum Gasteiger partial charge on any atom is -0.453 e. The molecule has 0 spiro atoms. The van der Waals surface area contributed by atoms with Crippen LogP contribution < -0.4 is 10.2 Å². The summed E-state index contributed by atoms with van der Waals surface area (Å²) in [5.41, 5.74) is -1.22. The molecule has 1 aliphatic carbocycles. The van der Waals surface area contributed by atoms with Crippen molar-refractivity contribution in [1.29, 1.82) is 0 Å². The van der Waals surface area contributed by atoms with E-state index in [0.29, 0.717) is 45.7 Å². The normalized spacial score (nSPS) is 28.2. The van der Waals surface area contributed by atoms with Gasteiger partial charge in [0.25, 0.3) is 0 Å². The summed E-state index contributed by atoms with van der Waals surface area (Å²) in [5, 5.41) is 3.73. The quantitative estimate of drug-likeness (QED) is 0.576. The van der Waals surface area contributed by atoms with Crippen LogP contribution >= 0.6 is 0 Å². The number of nitrogens with zero attached hydrogens (tertiary/aromatic N) is 4. The molecule has 4 unspecified atom stereocenters. The van der Waals surface area contributed by atoms with E-state index in [9.17, 15) is 22.8 Å². The molecular formula is C27H40F3N5O4. The van der Waals surface area contributed by atoms with E-state index in [2.05, 4.69) is 24.1 Å². The first-order valence-corrected chi connectivity index (χ1v) is 13.7. The highest BCUT2D eigenvalue weighted by Gasteiger charge is 2.50. The maximum atomic E-state index is 13.9. The number of hydrogen-bond acceptors (Lipinski definition) is 7. The number of pyridine rings is 1. The van der Waals surface area contributed by atoms with Crippen LogP contribution in [-0.4, -0.2) is 98.5 Å². The van der Waals surface area contributed by atoms with Crippen molar-refractivity contribution in [3.63, 3.8) is 0 Å². The lowest BCUT2D eigenvalue weighted by atomic mass is 9.74. The topological polar surface area (TPSA) is 87.2 Å². The first-order valence-electron chi connectivity index (χ1n) is 13.7. The number of piperidine rings is 1. The van der Waals surface area contributed by atoms with Crippen LogP contribution in [0.2, 0.25) is 0 Å². The molecule has 2 amide bonds. The number of piperazine rings is 1. The van der Waals surface area contributed by atoms with Crippen LogP contribution in [0.15, 0.2) is 18.3 Å². The number of amides is 2. The summed E-state index contributed by atoms with van der Waals surface area (Å²) in [6.45, 7) is 6.98. The number of halogens is 3. The highest BCUT2D eigenvalue weighted by atomic mass is 19.4. The summed E-state index contributed by atoms with van der Waals surface area (Å²) in [4.78, 5) is 35.4. The molecule has 3 aliphatic rings. The number of methoxy groups -OCH3 is 2. The van der Waals surface area contributed by atoms with Gasteiger partial charge in [-0.1, -0.05) is 13.8 Å². The molecule has 1 saturated carbocycles. The maximum Gasteiger partial charge on any atom is 0.416 e. The van der Waals surface area contributed by atoms with Crippen molar-refractivity contribution < 1.29 is 32.2 Å². The van der Waals surface area contributed by atoms with E-state index in [0.717, 1.165) is 31.4 Å². The van der Waals surface area contributed by atoms with Gasteiger partial charge in [-0.2, -0.15) is 13.2 Å². The van der Waals surface area contributed by atoms with Gasteiger partial charge in [-0.05, 0) is 43.7 Å². The molecular weight excluding hydrogens is 515 g/mol. The number of alkyl halides is 3. The van der Waals surface area contributed by atoms with Gasteiger partial charge < -0.3 is 29.5 Å². The third-order valence-electron chi connectivity index (χ3n) is 8.79. The molecule has 1 aromatic rings. The Morgan fingerprint density at radius 3 is 2.44 bits per heavy atom. The molecule has 12 heteroatoms. The summed E-state index contributed by atoms with van der Waals surface area (Å²) < 4.78 is 50.0. The van der Waals surface area contributed by atoms with E-state index in [1.54, 1.807) is 12.0 Å². The molecule has 9 nitrogen and oxygen atoms in total. The molecule has 218 valence electrons. The Labute approximate surface area is 228 Å². The third kappa shape index (κ3) is 6.26. The van der Waals surface area contributed by atoms with E-state index < -0.39 is 17.2 Å². The van der Waals surface area contributed by atoms with Crippen molar-refractivity contribution in [3.8, 4) is 0 Å². The predicted octanol–water partition coefficient (Wildman–Crippen LogP) is 3.39. The Kier molecular flexibility index (Phi) is 8.95. The van der Waals surface area contributed by atoms with Gasteiger partial charge in [-0.25, -0.2) is 9.78 Å². The molecule has 3 fully saturated rings. The van der Waals surface area contributed by atoms with Gasteiger partial charge in [0.2, 0.25) is 5.91 Å². The SMILES string of the molecule is COC(=O)N1CCC(NC2CCC(C(=O)N3CCN(c4cc(C(F)(F)F)ccn4)CC3)(C(C)C)C2)C(OC)C1. The second-order valence-corrected chi connectivity index (χ2v) is 11.2. The molecule has 3 heterocycles. The number of hydrogen-bond donors (Lipinski definition) is 1. The Hall–Kier alpha value is -2.60. The highest BCUT2D eigenvalue weighted by Crippen LogP contribution is 2.46. The molecule has 0 aromatic carbocycles. The van der Waals surface area contributed by atoms with Crippen LogP contribution in [0, 0.1) is 11.3 Å². The van der Waals surface area contributed by atoms with Crippen LogP contribution in [0.25, 0.3) is 0 Å². The zero-order valence-electron chi connectivity index (χ0n) is 23.2. The second-order valence-electron chi connectivity index (χ2n) is 11.2. The largest absolute Gasteiger partial charge is 0.453 e. The highest BCUT2D eigenvalue weighted by molar-refractivity contribution is 5.84. The second kappa shape index (κ2) is 11.9. The van der Waals surface area contributed by atoms with Gasteiger partial charge >= 0.3 is 12.3 Å². The summed E-state index contributed by atoms with van der Waals surface area (Å²) >= 11 is 0. The zero-order chi connectivity index (χ0) is 28.4. The molecule has 39 heavy (non-hydrogen) atoms. The van der Waals surface area contributed by atoms with Gasteiger partial charge in [-0.3, -0.25) is 4.79 Å². The number of carbonyl (C=O) groups is 2. The van der Waals surface area contributed by atoms with Crippen LogP contribution in [0.1, 0.15) is 45.1 Å². The van der Waals surface area contributed by atoms with E-state index in [-0.39, 0.29) is 41.9 Å². The summed E-state index contributed by atoms with van der Waals surface area (Å²) in [7, 11) is 3.02. The Bertz CT molecular complexity index is 1020. The fourth-order valence-electron chi connectivity index (χ4n) is 6.35. The first-order chi connectivity index (χ1) is 18.5. The minimum atomic E-state index is -4.42. The smallest absolute Gasteiger partial charge is 0.416 e. The number of likely N-dealkylation sites (tertiary alicyclic amines) is 1. The molecule has 4 rings (SSSR count). The van der Waals surface area contributed by atoms with Crippen molar-refractivity contribution in [2.45, 2.75) is 63.9 Å². The monoisotopic (exact) mass is 555 g/mol. The minimum absolute atomic E-state index is 0.0717. The van der Waals surface area contributed by atoms with Crippen LogP contribution in [0.5, 0.6) is 0 Å². The fourth-order valence-corrected chi connectivity index (χ4v) is 6.35. The maximum absolute atomic E-state index is 13.9. The number of aromatic nitrogens is 1. The van der Waals surface area contributed by atoms with Crippen molar-refractivity contribution in [2.24, 2.45) is 11.3 Å². The van der Waals surface area contributed by atoms with Gasteiger partial charge in [0, 0.05) is 58.1 Å². The predicted molar refractivity (Wildman–Crippen MR) is 139 cm³/mol. The lowest BCUT2D eigenvalue weighted by Gasteiger charge is -2.42. The van der Waals surface area contributed by atoms with E-state index in [4.69, 9.17) is 9.47 Å². The number of rotatable bonds is 6. The average Bonchev–Trinajstić information content (AvgIpc) is 3.37. The lowest BCUT2D eigenvalue weighted by molar-refractivity contribution is -0.145. The van der Waals surface area contributed by atoms with Gasteiger partial charge in [0.15, 0.2) is 0 Å². The standard InChI is InChI=1S/C27H40F3N5O4/c1-18(2)26(8-5-20(16-26)32-21-7-10-35(25(37)39-4)17-22(21)38-3)24(36)34-13-11-33(12-14-34)23-15-19(6-9-31-23)27(28,29)30/h6,9,15,18,20-22,32H,5,7-8,10-14,16-17H2,1-4H3. The summed E-state index contributed by atoms with van der Waals surface area (Å²) in [6, 6.07) is 2.27. The zero-order valence-corrected chi connectivity index (χ0v) is 23.2. The molecule has 4 atom stereocenters. The molecule has 1 aromatic heterocycles. The fraction of sp³-hybridized carbons (Fsp3) is 0.741. The van der Waals surface area contributed by atoms with Crippen molar-refractivity contribution >= 4 is 17.8 Å². The van der Waals surface area contributed by atoms with Crippen molar-refractivity contribution in [1.82, 2.24) is 20.1 Å². The summed E-state index contributed by atoms with van der Waals surface area (Å²) in [5.74, 6) is 0.549. The third-order valence-corrected chi connectivity index (χ3v) is 8.79. The van der Waals surface area contributed by atoms with Crippen molar-refractivity contribution in [3.05, 3.63) is 23.9 Å². The van der Waals surface area contributed by atoms with Crippen LogP contribution in [-0.2, 0) is 20.4 Å². The Morgan fingerprint density at radius 1 is 1.10 bits per heavy atom. The Morgan fingerprint density at radius 2 is 1.82 bits per heavy atom. The number of nitrogens with one attached hydrogen (secondary N) is 1. The van der Waals surface area contributed by atoms with E-state index >= 15 is 0 Å². The molecule has 2 saturated heterocycles. The van der Waals surface area contributed by atoms with Gasteiger partial charge in [0.1, 0.15) is 5.82 Å². The molecule has 2 aliphatic heterocycles. The average molecular weight is 556 g/mol. The number of anilines is 1. The first kappa shape index (κ1) is 29.4. The molecule has 0 radical (unpaired) electrons. The van der Waals surface area contributed by atoms with E-state index in [1.165, 1.54) is 13.3 Å². The van der Waals surface area contributed by atoms with Crippen LogP contribution in [0.4, 0.5) is 23.8 Å². The number of ether oxygens (including phenoxy) is 2. The molecule has 1 N–H and O–H groups in total. The summed E-state index contributed by atoms with van der Waals surface area (Å²) in [6.07, 6.45) is -0.674. The Balaban J connectivity index is 1.36. The lowest BCUT2D eigenvalue weighted by Crippen LogP contribution is -2.57. The van der Waals surface area contributed by atoms with Gasteiger partial charge in [-0.15, -0.1) is 0 Å². The van der Waals surface area contributed by atoms with Crippen molar-refractivity contribution in [2.75, 3.05) is 58.4 Å². The number of carbonyl (C=O) groups excluding carboxylic acids is 2. The molecule has 0 bridgehead atoms.